The van der Waals surface area contributed by atoms with Gasteiger partial charge in [-0.05, 0) is 32.3 Å². The lowest BCUT2D eigenvalue weighted by Gasteiger charge is -2.26. The highest BCUT2D eigenvalue weighted by Gasteiger charge is 2.30. The van der Waals surface area contributed by atoms with Gasteiger partial charge in [0.15, 0.2) is 0 Å². The van der Waals surface area contributed by atoms with Crippen LogP contribution in [0.25, 0.3) is 0 Å². The van der Waals surface area contributed by atoms with E-state index in [1.165, 1.54) is 13.2 Å². The van der Waals surface area contributed by atoms with Crippen LogP contribution in [0.3, 0.4) is 0 Å². The Morgan fingerprint density at radius 2 is 1.80 bits per heavy atom. The predicted molar refractivity (Wildman–Crippen MR) is 90.8 cm³/mol. The van der Waals surface area contributed by atoms with Gasteiger partial charge in [0.1, 0.15) is 23.7 Å². The summed E-state index contributed by atoms with van der Waals surface area (Å²) in [4.78, 5) is 24.6. The topological polar surface area (TPSA) is 67.4 Å². The molecule has 0 fully saturated rings. The molecule has 0 saturated carbocycles. The minimum atomic E-state index is -1.15. The van der Waals surface area contributed by atoms with Crippen LogP contribution in [-0.4, -0.2) is 31.1 Å². The van der Waals surface area contributed by atoms with Gasteiger partial charge in [-0.1, -0.05) is 19.9 Å². The van der Waals surface area contributed by atoms with Crippen LogP contribution < -0.4 is 10.6 Å². The number of benzene rings is 1. The zero-order chi connectivity index (χ0) is 19.1. The molecule has 0 spiro atoms. The van der Waals surface area contributed by atoms with Crippen molar-refractivity contribution in [3.05, 3.63) is 35.4 Å². The zero-order valence-corrected chi connectivity index (χ0v) is 15.2. The Morgan fingerprint density at radius 1 is 1.16 bits per heavy atom. The van der Waals surface area contributed by atoms with E-state index in [-0.39, 0.29) is 17.5 Å². The second-order valence-corrected chi connectivity index (χ2v) is 6.63. The second-order valence-electron chi connectivity index (χ2n) is 6.63. The summed E-state index contributed by atoms with van der Waals surface area (Å²) >= 11 is 0. The lowest BCUT2D eigenvalue weighted by Crippen LogP contribution is -2.48. The molecule has 0 aliphatic rings. The maximum absolute atomic E-state index is 14.2. The van der Waals surface area contributed by atoms with Gasteiger partial charge in [-0.25, -0.2) is 8.78 Å². The summed E-state index contributed by atoms with van der Waals surface area (Å²) in [6.07, 6.45) is 0.404. The van der Waals surface area contributed by atoms with Crippen molar-refractivity contribution in [2.45, 2.75) is 52.2 Å². The molecule has 1 aromatic rings. The third-order valence-electron chi connectivity index (χ3n) is 3.53. The van der Waals surface area contributed by atoms with Gasteiger partial charge in [-0.3, -0.25) is 14.9 Å². The third kappa shape index (κ3) is 6.42. The summed E-state index contributed by atoms with van der Waals surface area (Å²) in [5.41, 5.74) is -0.0304. The molecule has 0 aliphatic carbocycles. The van der Waals surface area contributed by atoms with Gasteiger partial charge >= 0.3 is 5.97 Å². The molecule has 2 atom stereocenters. The van der Waals surface area contributed by atoms with Gasteiger partial charge in [0, 0.05) is 17.7 Å². The molecule has 1 amide bonds. The van der Waals surface area contributed by atoms with Crippen molar-refractivity contribution in [1.82, 2.24) is 10.6 Å². The molecule has 0 bridgehead atoms. The molecule has 0 saturated heterocycles. The number of halogens is 2. The monoisotopic (exact) mass is 356 g/mol. The molecule has 140 valence electrons. The number of amides is 1. The number of hydrogen-bond donors (Lipinski definition) is 2. The largest absolute Gasteiger partial charge is 0.468 e. The molecule has 25 heavy (non-hydrogen) atoms. The van der Waals surface area contributed by atoms with Crippen LogP contribution >= 0.6 is 0 Å². The van der Waals surface area contributed by atoms with Crippen molar-refractivity contribution in [2.75, 3.05) is 7.11 Å². The van der Waals surface area contributed by atoms with Gasteiger partial charge in [-0.15, -0.1) is 0 Å². The van der Waals surface area contributed by atoms with E-state index in [1.807, 2.05) is 13.8 Å². The fourth-order valence-corrected chi connectivity index (χ4v) is 2.46. The highest BCUT2D eigenvalue weighted by atomic mass is 19.1. The Kier molecular flexibility index (Phi) is 7.96. The van der Waals surface area contributed by atoms with Gasteiger partial charge in [0.2, 0.25) is 5.91 Å². The van der Waals surface area contributed by atoms with Crippen molar-refractivity contribution >= 4 is 11.9 Å². The van der Waals surface area contributed by atoms with E-state index in [4.69, 9.17) is 4.74 Å². The van der Waals surface area contributed by atoms with Crippen LogP contribution in [0.1, 0.15) is 45.7 Å². The number of esters is 1. The summed E-state index contributed by atoms with van der Waals surface area (Å²) in [5, 5.41) is 5.55. The minimum absolute atomic E-state index is 0.0304. The average Bonchev–Trinajstić information content (AvgIpc) is 2.50. The molecule has 2 N–H and O–H groups in total. The molecule has 1 aromatic carbocycles. The number of nitrogens with one attached hydrogen (secondary N) is 2. The van der Waals surface area contributed by atoms with Crippen LogP contribution in [-0.2, 0) is 14.3 Å². The maximum atomic E-state index is 14.2. The van der Waals surface area contributed by atoms with Crippen molar-refractivity contribution in [3.63, 3.8) is 0 Å². The zero-order valence-electron chi connectivity index (χ0n) is 15.2. The van der Waals surface area contributed by atoms with E-state index in [0.717, 1.165) is 6.07 Å². The van der Waals surface area contributed by atoms with E-state index < -0.39 is 35.6 Å². The van der Waals surface area contributed by atoms with Gasteiger partial charge in [0.25, 0.3) is 0 Å². The highest BCUT2D eigenvalue weighted by molar-refractivity contribution is 5.85. The lowest BCUT2D eigenvalue weighted by molar-refractivity contribution is -0.144. The van der Waals surface area contributed by atoms with E-state index in [0.29, 0.717) is 12.5 Å². The normalized spacial score (nSPS) is 13.6. The smallest absolute Gasteiger partial charge is 0.322 e. The van der Waals surface area contributed by atoms with Crippen molar-refractivity contribution in [1.29, 1.82) is 0 Å². The molecule has 7 heteroatoms. The number of rotatable bonds is 8. The number of carbonyl (C=O) groups is 2. The first-order chi connectivity index (χ1) is 11.6. The molecule has 5 nitrogen and oxygen atoms in total. The number of methoxy groups -OCH3 is 1. The van der Waals surface area contributed by atoms with E-state index in [1.54, 1.807) is 13.8 Å². The molecule has 0 aliphatic heterocycles. The van der Waals surface area contributed by atoms with Crippen LogP contribution in [0.5, 0.6) is 0 Å². The van der Waals surface area contributed by atoms with Crippen LogP contribution in [0, 0.1) is 17.6 Å². The predicted octanol–water partition coefficient (Wildman–Crippen LogP) is 2.71. The van der Waals surface area contributed by atoms with Crippen molar-refractivity contribution in [2.24, 2.45) is 5.92 Å². The van der Waals surface area contributed by atoms with Crippen LogP contribution in [0.4, 0.5) is 8.78 Å². The van der Waals surface area contributed by atoms with Crippen molar-refractivity contribution in [3.8, 4) is 0 Å². The Morgan fingerprint density at radius 3 is 2.28 bits per heavy atom. The van der Waals surface area contributed by atoms with Gasteiger partial charge in [0.05, 0.1) is 7.11 Å². The first kappa shape index (κ1) is 21.0. The fourth-order valence-electron chi connectivity index (χ4n) is 2.46. The Labute approximate surface area is 147 Å². The summed E-state index contributed by atoms with van der Waals surface area (Å²) < 4.78 is 32.2. The summed E-state index contributed by atoms with van der Waals surface area (Å²) in [6.45, 7) is 7.36. The lowest BCUT2D eigenvalue weighted by atomic mass is 9.99. The van der Waals surface area contributed by atoms with Crippen LogP contribution in [0.2, 0.25) is 0 Å². The summed E-state index contributed by atoms with van der Waals surface area (Å²) in [6, 6.07) is 0.865. The number of hydrogen-bond acceptors (Lipinski definition) is 4. The molecule has 0 aromatic heterocycles. The van der Waals surface area contributed by atoms with E-state index >= 15 is 0 Å². The van der Waals surface area contributed by atoms with Crippen molar-refractivity contribution < 1.29 is 23.1 Å². The summed E-state index contributed by atoms with van der Waals surface area (Å²) in [7, 11) is 1.25. The second kappa shape index (κ2) is 9.46. The Bertz CT molecular complexity index is 606. The molecular formula is C18H26F2N2O3. The molecule has 1 rings (SSSR count). The molecule has 0 unspecified atom stereocenters. The number of ether oxygens (including phenoxy) is 1. The molecule has 0 radical (unpaired) electrons. The minimum Gasteiger partial charge on any atom is -0.468 e. The fraction of sp³-hybridized carbons (Fsp3) is 0.556. The van der Waals surface area contributed by atoms with E-state index in [9.17, 15) is 18.4 Å². The third-order valence-corrected chi connectivity index (χ3v) is 3.53. The van der Waals surface area contributed by atoms with Gasteiger partial charge in [-0.2, -0.15) is 0 Å². The first-order valence-electron chi connectivity index (χ1n) is 8.24. The van der Waals surface area contributed by atoms with Crippen LogP contribution in [0.15, 0.2) is 18.2 Å². The molecule has 0 heterocycles. The van der Waals surface area contributed by atoms with Gasteiger partial charge < -0.3 is 10.1 Å². The quantitative estimate of drug-likeness (QED) is 0.703. The first-order valence-corrected chi connectivity index (χ1v) is 8.24. The Hall–Kier alpha value is -2.02. The number of carbonyl (C=O) groups excluding carboxylic acids is 2. The molecular weight excluding hydrogens is 330 g/mol. The Balaban J connectivity index is 3.20. The standard InChI is InChI=1S/C18H26F2N2O3/c1-10(2)8-15(18(24)25-5)22-16(17(23)21-11(3)4)13-7-6-12(19)9-14(13)20/h6-7,9-11,15-16,22H,8H2,1-5H3,(H,21,23)/t15-,16-/m1/s1. The highest BCUT2D eigenvalue weighted by Crippen LogP contribution is 2.21. The summed E-state index contributed by atoms with van der Waals surface area (Å²) in [5.74, 6) is -2.50. The average molecular weight is 356 g/mol. The van der Waals surface area contributed by atoms with E-state index in [2.05, 4.69) is 10.6 Å². The SMILES string of the molecule is COC(=O)[C@@H](CC(C)C)N[C@@H](C(=O)NC(C)C)c1ccc(F)cc1F. The maximum Gasteiger partial charge on any atom is 0.322 e.